The molecule has 1 heterocycles. The van der Waals surface area contributed by atoms with Gasteiger partial charge in [0.1, 0.15) is 5.82 Å². The van der Waals surface area contributed by atoms with E-state index in [-0.39, 0.29) is 0 Å². The van der Waals surface area contributed by atoms with Gasteiger partial charge in [-0.25, -0.2) is 9.97 Å². The summed E-state index contributed by atoms with van der Waals surface area (Å²) in [6.45, 7) is 10.1. The maximum absolute atomic E-state index is 4.67. The summed E-state index contributed by atoms with van der Waals surface area (Å²) in [6.07, 6.45) is 7.04. The molecule has 112 valence electrons. The van der Waals surface area contributed by atoms with Crippen LogP contribution in [0.15, 0.2) is 12.3 Å². The molecule has 4 unspecified atom stereocenters. The fourth-order valence-electron chi connectivity index (χ4n) is 3.35. The first kappa shape index (κ1) is 15.4. The van der Waals surface area contributed by atoms with E-state index in [9.17, 15) is 0 Å². The second kappa shape index (κ2) is 7.16. The van der Waals surface area contributed by atoms with Gasteiger partial charge < -0.3 is 5.32 Å². The van der Waals surface area contributed by atoms with Gasteiger partial charge in [-0.2, -0.15) is 0 Å². The number of aryl methyl sites for hydroxylation is 1. The third-order valence-corrected chi connectivity index (χ3v) is 4.84. The zero-order valence-electron chi connectivity index (χ0n) is 13.4. The van der Waals surface area contributed by atoms with Gasteiger partial charge in [0.15, 0.2) is 0 Å². The van der Waals surface area contributed by atoms with E-state index in [0.717, 1.165) is 24.2 Å². The number of aromatic nitrogens is 2. The van der Waals surface area contributed by atoms with Gasteiger partial charge in [0.25, 0.3) is 0 Å². The van der Waals surface area contributed by atoms with Crippen LogP contribution in [-0.4, -0.2) is 16.5 Å². The summed E-state index contributed by atoms with van der Waals surface area (Å²) in [7, 11) is 0. The third kappa shape index (κ3) is 3.78. The second-order valence-electron chi connectivity index (χ2n) is 6.49. The first-order chi connectivity index (χ1) is 9.61. The van der Waals surface area contributed by atoms with Crippen LogP contribution in [0.2, 0.25) is 0 Å². The third-order valence-electron chi connectivity index (χ3n) is 4.84. The van der Waals surface area contributed by atoms with E-state index in [4.69, 9.17) is 0 Å². The van der Waals surface area contributed by atoms with E-state index in [1.807, 2.05) is 13.1 Å². The lowest BCUT2D eigenvalue weighted by Gasteiger charge is -2.37. The standard InChI is InChI=1S/C17H29N3/c1-5-9-19-17(16-8-10-18-14(4)20-16)15-7-6-12(2)13(3)11-15/h8,10,12-13,15,17,19H,5-7,9,11H2,1-4H3. The number of hydrogen-bond donors (Lipinski definition) is 1. The molecule has 3 nitrogen and oxygen atoms in total. The molecule has 1 fully saturated rings. The number of nitrogens with zero attached hydrogens (tertiary/aromatic N) is 2. The van der Waals surface area contributed by atoms with Crippen LogP contribution < -0.4 is 5.32 Å². The summed E-state index contributed by atoms with van der Waals surface area (Å²) in [5.74, 6) is 3.28. The second-order valence-corrected chi connectivity index (χ2v) is 6.49. The lowest BCUT2D eigenvalue weighted by Crippen LogP contribution is -2.34. The van der Waals surface area contributed by atoms with Crippen LogP contribution >= 0.6 is 0 Å². The molecule has 0 saturated heterocycles. The van der Waals surface area contributed by atoms with Gasteiger partial charge in [-0.15, -0.1) is 0 Å². The molecule has 1 N–H and O–H groups in total. The first-order valence-electron chi connectivity index (χ1n) is 8.14. The topological polar surface area (TPSA) is 37.8 Å². The molecule has 1 saturated carbocycles. The van der Waals surface area contributed by atoms with E-state index in [2.05, 4.69) is 42.1 Å². The Kier molecular flexibility index (Phi) is 5.53. The predicted octanol–water partition coefficient (Wildman–Crippen LogP) is 3.90. The Hall–Kier alpha value is -0.960. The van der Waals surface area contributed by atoms with Crippen molar-refractivity contribution < 1.29 is 0 Å². The van der Waals surface area contributed by atoms with Gasteiger partial charge >= 0.3 is 0 Å². The fraction of sp³-hybridized carbons (Fsp3) is 0.765. The van der Waals surface area contributed by atoms with Crippen molar-refractivity contribution in [2.24, 2.45) is 17.8 Å². The average Bonchev–Trinajstić information content (AvgIpc) is 2.43. The molecule has 0 aromatic carbocycles. The van der Waals surface area contributed by atoms with Crippen LogP contribution in [0.3, 0.4) is 0 Å². The Morgan fingerprint density at radius 1 is 1.30 bits per heavy atom. The highest BCUT2D eigenvalue weighted by Crippen LogP contribution is 2.39. The molecule has 4 atom stereocenters. The molecule has 0 bridgehead atoms. The van der Waals surface area contributed by atoms with Gasteiger partial charge in [0.05, 0.1) is 11.7 Å². The fourth-order valence-corrected chi connectivity index (χ4v) is 3.35. The van der Waals surface area contributed by atoms with Gasteiger partial charge in [0, 0.05) is 6.20 Å². The molecule has 0 spiro atoms. The van der Waals surface area contributed by atoms with E-state index >= 15 is 0 Å². The average molecular weight is 275 g/mol. The van der Waals surface area contributed by atoms with Crippen molar-refractivity contribution in [3.05, 3.63) is 23.8 Å². The largest absolute Gasteiger partial charge is 0.308 e. The zero-order valence-corrected chi connectivity index (χ0v) is 13.4. The maximum Gasteiger partial charge on any atom is 0.125 e. The molecule has 1 aliphatic carbocycles. The van der Waals surface area contributed by atoms with E-state index < -0.39 is 0 Å². The van der Waals surface area contributed by atoms with Gasteiger partial charge in [-0.05, 0) is 56.6 Å². The summed E-state index contributed by atoms with van der Waals surface area (Å²) in [6, 6.07) is 2.48. The van der Waals surface area contributed by atoms with Crippen LogP contribution in [0.5, 0.6) is 0 Å². The lowest BCUT2D eigenvalue weighted by atomic mass is 9.72. The summed E-state index contributed by atoms with van der Waals surface area (Å²) < 4.78 is 0. The van der Waals surface area contributed by atoms with Gasteiger partial charge in [-0.1, -0.05) is 27.2 Å². The molecule has 3 heteroatoms. The summed E-state index contributed by atoms with van der Waals surface area (Å²) >= 11 is 0. The smallest absolute Gasteiger partial charge is 0.125 e. The molecule has 0 radical (unpaired) electrons. The van der Waals surface area contributed by atoms with Crippen molar-refractivity contribution in [2.75, 3.05) is 6.54 Å². The van der Waals surface area contributed by atoms with Crippen molar-refractivity contribution in [1.29, 1.82) is 0 Å². The Balaban J connectivity index is 2.15. The van der Waals surface area contributed by atoms with Crippen molar-refractivity contribution in [2.45, 2.75) is 59.4 Å². The molecular weight excluding hydrogens is 246 g/mol. The summed E-state index contributed by atoms with van der Waals surface area (Å²) in [4.78, 5) is 8.91. The number of hydrogen-bond acceptors (Lipinski definition) is 3. The molecule has 0 amide bonds. The quantitative estimate of drug-likeness (QED) is 0.885. The highest BCUT2D eigenvalue weighted by Gasteiger charge is 2.31. The van der Waals surface area contributed by atoms with E-state index in [0.29, 0.717) is 12.0 Å². The van der Waals surface area contributed by atoms with Gasteiger partial charge in [0.2, 0.25) is 0 Å². The van der Waals surface area contributed by atoms with Crippen LogP contribution in [0.25, 0.3) is 0 Å². The predicted molar refractivity (Wildman–Crippen MR) is 83.5 cm³/mol. The normalized spacial score (nSPS) is 28.3. The number of rotatable bonds is 5. The Labute approximate surface area is 123 Å². The van der Waals surface area contributed by atoms with Crippen LogP contribution in [0.4, 0.5) is 0 Å². The Bertz CT molecular complexity index is 418. The summed E-state index contributed by atoms with van der Waals surface area (Å²) in [5.41, 5.74) is 1.18. The summed E-state index contributed by atoms with van der Waals surface area (Å²) in [5, 5.41) is 3.73. The maximum atomic E-state index is 4.67. The van der Waals surface area contributed by atoms with Crippen molar-refractivity contribution in [3.8, 4) is 0 Å². The van der Waals surface area contributed by atoms with Crippen molar-refractivity contribution >= 4 is 0 Å². The van der Waals surface area contributed by atoms with E-state index in [1.54, 1.807) is 0 Å². The minimum absolute atomic E-state index is 0.395. The van der Waals surface area contributed by atoms with Gasteiger partial charge in [-0.3, -0.25) is 0 Å². The van der Waals surface area contributed by atoms with E-state index in [1.165, 1.54) is 31.4 Å². The first-order valence-corrected chi connectivity index (χ1v) is 8.14. The SMILES string of the molecule is CCCNC(c1ccnc(C)n1)C1CCC(C)C(C)C1. The zero-order chi connectivity index (χ0) is 14.5. The highest BCUT2D eigenvalue weighted by atomic mass is 15.0. The van der Waals surface area contributed by atoms with Crippen molar-refractivity contribution in [1.82, 2.24) is 15.3 Å². The van der Waals surface area contributed by atoms with Crippen LogP contribution in [-0.2, 0) is 0 Å². The lowest BCUT2D eigenvalue weighted by molar-refractivity contribution is 0.169. The minimum Gasteiger partial charge on any atom is -0.308 e. The van der Waals surface area contributed by atoms with Crippen LogP contribution in [0, 0.1) is 24.7 Å². The molecule has 0 aliphatic heterocycles. The molecule has 1 aliphatic rings. The minimum atomic E-state index is 0.395. The molecule has 2 rings (SSSR count). The number of nitrogens with one attached hydrogen (secondary N) is 1. The molecule has 1 aromatic rings. The van der Waals surface area contributed by atoms with Crippen molar-refractivity contribution in [3.63, 3.8) is 0 Å². The molecule has 20 heavy (non-hydrogen) atoms. The van der Waals surface area contributed by atoms with Crippen LogP contribution in [0.1, 0.15) is 64.0 Å². The monoisotopic (exact) mass is 275 g/mol. The molecule has 1 aromatic heterocycles. The highest BCUT2D eigenvalue weighted by molar-refractivity contribution is 5.09. The Morgan fingerprint density at radius 2 is 2.10 bits per heavy atom. The molecular formula is C17H29N3. The Morgan fingerprint density at radius 3 is 2.75 bits per heavy atom.